The molecule has 1 amide bonds. The number of nitrogen functional groups attached to an aromatic ring is 1. The summed E-state index contributed by atoms with van der Waals surface area (Å²) in [5.74, 6) is -1.56. The summed E-state index contributed by atoms with van der Waals surface area (Å²) in [6, 6.07) is 3.16. The van der Waals surface area contributed by atoms with Crippen molar-refractivity contribution in [2.75, 3.05) is 0 Å². The molecule has 0 aliphatic heterocycles. The van der Waals surface area contributed by atoms with Crippen molar-refractivity contribution in [3.05, 3.63) is 63.9 Å². The van der Waals surface area contributed by atoms with Gasteiger partial charge in [0.25, 0.3) is 5.84 Å². The minimum atomic E-state index is -5.03. The first kappa shape index (κ1) is 19.7. The third kappa shape index (κ3) is 4.72. The molecule has 1 heterocycles. The van der Waals surface area contributed by atoms with Crippen molar-refractivity contribution >= 4 is 23.3 Å². The number of carbonyl (C=O) groups is 1. The number of nitrogens with one attached hydrogen (secondary N) is 1. The van der Waals surface area contributed by atoms with Gasteiger partial charge in [-0.15, -0.1) is 0 Å². The Morgan fingerprint density at radius 3 is 1.96 bits per heavy atom. The molecule has 2 aromatic rings. The highest BCUT2D eigenvalue weighted by atomic mass is 35.5. The molecule has 138 valence electrons. The number of carbonyl (C=O) groups excluding carboxylic acids is 1. The lowest BCUT2D eigenvalue weighted by Crippen LogP contribution is -2.79. The highest BCUT2D eigenvalue weighted by Crippen LogP contribution is 2.36. The van der Waals surface area contributed by atoms with Crippen molar-refractivity contribution < 1.29 is 36.1 Å². The standard InChI is InChI=1S/C15H8ClF6N3O/c16-11-5-7(1-2-24-11)13(26)25-12(23)8-3-9(14(17,18)19)6-10(4-8)15(20,21)22/h1-6H,(H2,23,25,26)/p+1. The smallest absolute Gasteiger partial charge is 0.286 e. The van der Waals surface area contributed by atoms with Gasteiger partial charge < -0.3 is 0 Å². The predicted molar refractivity (Wildman–Crippen MR) is 79.3 cm³/mol. The SMILES string of the molecule is NC(=[NH+]C(=O)c1ccnc(Cl)c1)c1cc(C(F)(F)F)cc(C(F)(F)F)c1. The molecule has 26 heavy (non-hydrogen) atoms. The van der Waals surface area contributed by atoms with E-state index in [1.807, 2.05) is 4.99 Å². The van der Waals surface area contributed by atoms with Gasteiger partial charge in [-0.2, -0.15) is 26.3 Å². The number of hydrogen-bond donors (Lipinski definition) is 2. The Morgan fingerprint density at radius 1 is 0.962 bits per heavy atom. The quantitative estimate of drug-likeness (QED) is 0.354. The van der Waals surface area contributed by atoms with Crippen molar-refractivity contribution in [3.8, 4) is 0 Å². The average Bonchev–Trinajstić information content (AvgIpc) is 2.52. The molecule has 4 nitrogen and oxygen atoms in total. The fourth-order valence-electron chi connectivity index (χ4n) is 1.92. The van der Waals surface area contributed by atoms with E-state index in [4.69, 9.17) is 17.3 Å². The summed E-state index contributed by atoms with van der Waals surface area (Å²) in [5, 5.41) is -0.0327. The van der Waals surface area contributed by atoms with Crippen LogP contribution in [0.5, 0.6) is 0 Å². The van der Waals surface area contributed by atoms with Gasteiger partial charge in [-0.3, -0.25) is 5.73 Å². The molecule has 3 N–H and O–H groups in total. The first-order valence-electron chi connectivity index (χ1n) is 6.73. The topological polar surface area (TPSA) is 70.0 Å². The number of amidine groups is 1. The predicted octanol–water partition coefficient (Wildman–Crippen LogP) is 2.40. The molecule has 0 aliphatic rings. The minimum absolute atomic E-state index is 0.0315. The van der Waals surface area contributed by atoms with Gasteiger partial charge in [-0.25, -0.2) is 14.8 Å². The monoisotopic (exact) mass is 396 g/mol. The first-order valence-corrected chi connectivity index (χ1v) is 7.11. The lowest BCUT2D eigenvalue weighted by atomic mass is 10.0. The molecular weight excluding hydrogens is 388 g/mol. The van der Waals surface area contributed by atoms with Crippen LogP contribution in [0.25, 0.3) is 0 Å². The third-order valence-electron chi connectivity index (χ3n) is 3.14. The summed E-state index contributed by atoms with van der Waals surface area (Å²) in [6.45, 7) is 0. The Kier molecular flexibility index (Phi) is 5.26. The molecular formula is C15H9ClF6N3O+. The molecule has 0 atom stereocenters. The van der Waals surface area contributed by atoms with Gasteiger partial charge in [0.15, 0.2) is 0 Å². The third-order valence-corrected chi connectivity index (χ3v) is 3.34. The van der Waals surface area contributed by atoms with Crippen molar-refractivity contribution in [1.82, 2.24) is 4.98 Å². The van der Waals surface area contributed by atoms with Gasteiger partial charge in [-0.1, -0.05) is 11.6 Å². The van der Waals surface area contributed by atoms with Gasteiger partial charge in [0.05, 0.1) is 22.3 Å². The first-order chi connectivity index (χ1) is 11.9. The van der Waals surface area contributed by atoms with Gasteiger partial charge >= 0.3 is 18.3 Å². The van der Waals surface area contributed by atoms with Crippen LogP contribution in [0.1, 0.15) is 27.0 Å². The van der Waals surface area contributed by atoms with E-state index in [1.54, 1.807) is 0 Å². The summed E-state index contributed by atoms with van der Waals surface area (Å²) < 4.78 is 77.1. The molecule has 0 fully saturated rings. The Balaban J connectivity index is 2.50. The summed E-state index contributed by atoms with van der Waals surface area (Å²) in [5.41, 5.74) is 1.73. The number of pyridine rings is 1. The zero-order valence-corrected chi connectivity index (χ0v) is 13.3. The zero-order valence-electron chi connectivity index (χ0n) is 12.5. The van der Waals surface area contributed by atoms with E-state index in [0.29, 0.717) is 12.1 Å². The number of hydrogen-bond acceptors (Lipinski definition) is 2. The van der Waals surface area contributed by atoms with Crippen molar-refractivity contribution in [2.24, 2.45) is 5.73 Å². The fraction of sp³-hybridized carbons (Fsp3) is 0.133. The number of aromatic nitrogens is 1. The van der Waals surface area contributed by atoms with Crippen LogP contribution < -0.4 is 10.7 Å². The number of halogens is 7. The van der Waals surface area contributed by atoms with Crippen LogP contribution >= 0.6 is 11.6 Å². The number of alkyl halides is 6. The number of nitrogens with zero attached hydrogens (tertiary/aromatic N) is 1. The molecule has 11 heteroatoms. The summed E-state index contributed by atoms with van der Waals surface area (Å²) in [7, 11) is 0. The van der Waals surface area contributed by atoms with Crippen LogP contribution in [-0.4, -0.2) is 16.7 Å². The number of benzene rings is 1. The van der Waals surface area contributed by atoms with E-state index < -0.39 is 40.8 Å². The second-order valence-electron chi connectivity index (χ2n) is 5.03. The molecule has 0 bridgehead atoms. The Hall–Kier alpha value is -2.62. The van der Waals surface area contributed by atoms with Crippen molar-refractivity contribution in [2.45, 2.75) is 12.4 Å². The second kappa shape index (κ2) is 6.94. The van der Waals surface area contributed by atoms with E-state index in [-0.39, 0.29) is 16.8 Å². The maximum atomic E-state index is 12.8. The lowest BCUT2D eigenvalue weighted by molar-refractivity contribution is -0.345. The van der Waals surface area contributed by atoms with E-state index in [1.165, 1.54) is 12.3 Å². The number of amides is 1. The Morgan fingerprint density at radius 2 is 1.50 bits per heavy atom. The van der Waals surface area contributed by atoms with Gasteiger partial charge in [-0.05, 0) is 30.3 Å². The van der Waals surface area contributed by atoms with Crippen LogP contribution in [0.4, 0.5) is 26.3 Å². The number of rotatable bonds is 2. The lowest BCUT2D eigenvalue weighted by Gasteiger charge is -2.12. The van der Waals surface area contributed by atoms with E-state index >= 15 is 0 Å². The van der Waals surface area contributed by atoms with E-state index in [0.717, 1.165) is 6.07 Å². The molecule has 0 spiro atoms. The molecule has 1 aromatic heterocycles. The largest absolute Gasteiger partial charge is 0.416 e. The maximum absolute atomic E-state index is 12.8. The number of nitrogens with two attached hydrogens (primary N) is 1. The molecule has 2 rings (SSSR count). The van der Waals surface area contributed by atoms with Crippen LogP contribution in [0, 0.1) is 0 Å². The molecule has 0 saturated heterocycles. The van der Waals surface area contributed by atoms with Crippen molar-refractivity contribution in [3.63, 3.8) is 0 Å². The summed E-state index contributed by atoms with van der Waals surface area (Å²) >= 11 is 5.61. The van der Waals surface area contributed by atoms with Crippen molar-refractivity contribution in [1.29, 1.82) is 0 Å². The van der Waals surface area contributed by atoms with Crippen LogP contribution in [0.2, 0.25) is 5.15 Å². The maximum Gasteiger partial charge on any atom is 0.416 e. The molecule has 1 aromatic carbocycles. The Bertz CT molecular complexity index is 844. The van der Waals surface area contributed by atoms with Crippen LogP contribution in [-0.2, 0) is 12.4 Å². The molecule has 0 aliphatic carbocycles. The van der Waals surface area contributed by atoms with Crippen LogP contribution in [0.15, 0.2) is 36.5 Å². The minimum Gasteiger partial charge on any atom is -0.286 e. The summed E-state index contributed by atoms with van der Waals surface area (Å²) in [4.78, 5) is 17.7. The van der Waals surface area contributed by atoms with E-state index in [9.17, 15) is 31.1 Å². The highest BCUT2D eigenvalue weighted by Gasteiger charge is 2.37. The molecule has 0 unspecified atom stereocenters. The van der Waals surface area contributed by atoms with Gasteiger partial charge in [0.1, 0.15) is 5.15 Å². The van der Waals surface area contributed by atoms with Gasteiger partial charge in [0.2, 0.25) is 0 Å². The average molecular weight is 397 g/mol. The van der Waals surface area contributed by atoms with Crippen LogP contribution in [0.3, 0.4) is 0 Å². The fourth-order valence-corrected chi connectivity index (χ4v) is 2.09. The van der Waals surface area contributed by atoms with Gasteiger partial charge in [0, 0.05) is 6.20 Å². The van der Waals surface area contributed by atoms with E-state index in [2.05, 4.69) is 4.98 Å². The normalized spacial score (nSPS) is 13.0. The highest BCUT2D eigenvalue weighted by molar-refractivity contribution is 6.29. The summed E-state index contributed by atoms with van der Waals surface area (Å²) in [6.07, 6.45) is -8.86. The second-order valence-corrected chi connectivity index (χ2v) is 5.42. The Labute approximate surface area is 147 Å². The molecule has 0 saturated carbocycles. The zero-order chi connectivity index (χ0) is 19.7. The molecule has 0 radical (unpaired) electrons.